The van der Waals surface area contributed by atoms with Gasteiger partial charge in [-0.1, -0.05) is 55.5 Å². The molecule has 0 aromatic heterocycles. The van der Waals surface area contributed by atoms with E-state index in [1.807, 2.05) is 6.07 Å². The average molecular weight is 388 g/mol. The van der Waals surface area contributed by atoms with Crippen LogP contribution < -0.4 is 14.8 Å². The van der Waals surface area contributed by atoms with Crippen molar-refractivity contribution >= 4 is 0 Å². The fourth-order valence-corrected chi connectivity index (χ4v) is 4.63. The van der Waals surface area contributed by atoms with E-state index in [-0.39, 0.29) is 0 Å². The third-order valence-corrected chi connectivity index (χ3v) is 6.09. The highest BCUT2D eigenvalue weighted by atomic mass is 16.5. The Kier molecular flexibility index (Phi) is 5.86. The molecule has 0 radical (unpaired) electrons. The monoisotopic (exact) mass is 387 g/mol. The van der Waals surface area contributed by atoms with Gasteiger partial charge in [-0.2, -0.15) is 0 Å². The lowest BCUT2D eigenvalue weighted by molar-refractivity contribution is 0.389. The smallest absolute Gasteiger partial charge is 0.119 e. The van der Waals surface area contributed by atoms with Crippen molar-refractivity contribution in [3.63, 3.8) is 0 Å². The Morgan fingerprint density at radius 2 is 1.55 bits per heavy atom. The van der Waals surface area contributed by atoms with Gasteiger partial charge in [0.1, 0.15) is 11.5 Å². The minimum absolute atomic E-state index is 0.302. The zero-order valence-corrected chi connectivity index (χ0v) is 17.4. The van der Waals surface area contributed by atoms with Crippen LogP contribution in [0.3, 0.4) is 0 Å². The van der Waals surface area contributed by atoms with Gasteiger partial charge in [-0.25, -0.2) is 0 Å². The molecule has 1 aliphatic rings. The SMILES string of the molecule is COc1cccc(CCN[C@@H]2c3cc(OC)ccc3[C@H](c3ccccc3)[C@H]2C)c1. The molecule has 3 nitrogen and oxygen atoms in total. The topological polar surface area (TPSA) is 30.5 Å². The number of rotatable bonds is 7. The molecule has 1 aliphatic carbocycles. The lowest BCUT2D eigenvalue weighted by Crippen LogP contribution is -2.27. The van der Waals surface area contributed by atoms with Gasteiger partial charge in [0.25, 0.3) is 0 Å². The van der Waals surface area contributed by atoms with Crippen molar-refractivity contribution in [1.29, 1.82) is 0 Å². The molecule has 0 amide bonds. The first-order valence-corrected chi connectivity index (χ1v) is 10.3. The Bertz CT molecular complexity index is 954. The van der Waals surface area contributed by atoms with E-state index in [4.69, 9.17) is 9.47 Å². The number of methoxy groups -OCH3 is 2. The van der Waals surface area contributed by atoms with Crippen LogP contribution in [0.4, 0.5) is 0 Å². The molecular formula is C26H29NO2. The first-order chi connectivity index (χ1) is 14.2. The van der Waals surface area contributed by atoms with Gasteiger partial charge in [0.05, 0.1) is 14.2 Å². The van der Waals surface area contributed by atoms with Gasteiger partial charge >= 0.3 is 0 Å². The molecule has 3 heteroatoms. The summed E-state index contributed by atoms with van der Waals surface area (Å²) in [6.07, 6.45) is 0.968. The molecule has 29 heavy (non-hydrogen) atoms. The van der Waals surface area contributed by atoms with Crippen LogP contribution in [-0.2, 0) is 6.42 Å². The second kappa shape index (κ2) is 8.71. The van der Waals surface area contributed by atoms with Gasteiger partial charge < -0.3 is 14.8 Å². The zero-order valence-electron chi connectivity index (χ0n) is 17.4. The first-order valence-electron chi connectivity index (χ1n) is 10.3. The van der Waals surface area contributed by atoms with Gasteiger partial charge in [-0.05, 0) is 65.4 Å². The van der Waals surface area contributed by atoms with Crippen molar-refractivity contribution < 1.29 is 9.47 Å². The van der Waals surface area contributed by atoms with Gasteiger partial charge in [-0.3, -0.25) is 0 Å². The van der Waals surface area contributed by atoms with Crippen molar-refractivity contribution in [2.45, 2.75) is 25.3 Å². The third-order valence-electron chi connectivity index (χ3n) is 6.09. The minimum Gasteiger partial charge on any atom is -0.497 e. The lowest BCUT2D eigenvalue weighted by atomic mass is 9.86. The van der Waals surface area contributed by atoms with Gasteiger partial charge in [-0.15, -0.1) is 0 Å². The van der Waals surface area contributed by atoms with Crippen molar-refractivity contribution in [2.75, 3.05) is 20.8 Å². The van der Waals surface area contributed by atoms with Crippen LogP contribution >= 0.6 is 0 Å². The number of hydrogen-bond donors (Lipinski definition) is 1. The van der Waals surface area contributed by atoms with E-state index in [2.05, 4.69) is 79.0 Å². The lowest BCUT2D eigenvalue weighted by Gasteiger charge is -2.23. The summed E-state index contributed by atoms with van der Waals surface area (Å²) in [7, 11) is 3.45. The van der Waals surface area contributed by atoms with Crippen molar-refractivity contribution in [3.8, 4) is 11.5 Å². The molecule has 0 bridgehead atoms. The van der Waals surface area contributed by atoms with Crippen molar-refractivity contribution in [1.82, 2.24) is 5.32 Å². The van der Waals surface area contributed by atoms with Crippen molar-refractivity contribution in [3.05, 3.63) is 95.1 Å². The Hall–Kier alpha value is -2.78. The van der Waals surface area contributed by atoms with E-state index in [9.17, 15) is 0 Å². The van der Waals surface area contributed by atoms with Crippen LogP contribution in [0.1, 0.15) is 41.1 Å². The fraction of sp³-hybridized carbons (Fsp3) is 0.308. The summed E-state index contributed by atoms with van der Waals surface area (Å²) in [5.41, 5.74) is 5.43. The van der Waals surface area contributed by atoms with Gasteiger partial charge in [0, 0.05) is 12.0 Å². The molecule has 0 aliphatic heterocycles. The van der Waals surface area contributed by atoms with Crippen LogP contribution in [0.15, 0.2) is 72.8 Å². The van der Waals surface area contributed by atoms with E-state index >= 15 is 0 Å². The number of nitrogens with one attached hydrogen (secondary N) is 1. The van der Waals surface area contributed by atoms with Crippen LogP contribution in [0.25, 0.3) is 0 Å². The van der Waals surface area contributed by atoms with Crippen LogP contribution in [0.5, 0.6) is 11.5 Å². The molecule has 0 saturated carbocycles. The number of ether oxygens (including phenoxy) is 2. The maximum atomic E-state index is 5.52. The Balaban J connectivity index is 1.56. The molecule has 150 valence electrons. The summed E-state index contributed by atoms with van der Waals surface area (Å²) in [6, 6.07) is 26.0. The van der Waals surface area contributed by atoms with E-state index in [1.54, 1.807) is 14.2 Å². The average Bonchev–Trinajstić information content (AvgIpc) is 3.05. The molecule has 3 atom stereocenters. The molecule has 1 N–H and O–H groups in total. The van der Waals surface area contributed by atoms with Crippen LogP contribution in [-0.4, -0.2) is 20.8 Å². The number of hydrogen-bond acceptors (Lipinski definition) is 3. The molecule has 0 spiro atoms. The highest BCUT2D eigenvalue weighted by molar-refractivity contribution is 5.49. The summed E-state index contributed by atoms with van der Waals surface area (Å²) in [6.45, 7) is 3.27. The molecule has 3 aromatic carbocycles. The molecule has 0 heterocycles. The zero-order chi connectivity index (χ0) is 20.2. The first kappa shape index (κ1) is 19.5. The maximum absolute atomic E-state index is 5.52. The van der Waals surface area contributed by atoms with Crippen molar-refractivity contribution in [2.24, 2.45) is 5.92 Å². The summed E-state index contributed by atoms with van der Waals surface area (Å²) in [4.78, 5) is 0. The molecule has 0 saturated heterocycles. The standard InChI is InChI=1S/C26H29NO2/c1-18-25(20-9-5-4-6-10-20)23-13-12-22(29-3)17-24(23)26(18)27-15-14-19-8-7-11-21(16-19)28-2/h4-13,16-18,25-27H,14-15H2,1-3H3/t18-,25+,26+/m1/s1. The van der Waals surface area contributed by atoms with E-state index in [0.29, 0.717) is 17.9 Å². The van der Waals surface area contributed by atoms with Crippen LogP contribution in [0.2, 0.25) is 0 Å². The second-order valence-corrected chi connectivity index (χ2v) is 7.78. The Morgan fingerprint density at radius 1 is 0.793 bits per heavy atom. The van der Waals surface area contributed by atoms with E-state index in [1.165, 1.54) is 22.3 Å². The van der Waals surface area contributed by atoms with Gasteiger partial charge in [0.2, 0.25) is 0 Å². The molecule has 0 fully saturated rings. The number of fused-ring (bicyclic) bond motifs is 1. The van der Waals surface area contributed by atoms with Gasteiger partial charge in [0.15, 0.2) is 0 Å². The predicted octanol–water partition coefficient (Wildman–Crippen LogP) is 5.36. The third kappa shape index (κ3) is 4.01. The highest BCUT2D eigenvalue weighted by Crippen LogP contribution is 2.49. The predicted molar refractivity (Wildman–Crippen MR) is 118 cm³/mol. The van der Waals surface area contributed by atoms with Crippen LogP contribution in [0, 0.1) is 5.92 Å². The normalized spacial score (nSPS) is 20.3. The van der Waals surface area contributed by atoms with E-state index in [0.717, 1.165) is 24.5 Å². The highest BCUT2D eigenvalue weighted by Gasteiger charge is 2.38. The molecule has 3 aromatic rings. The largest absolute Gasteiger partial charge is 0.497 e. The minimum atomic E-state index is 0.302. The molecule has 0 unspecified atom stereocenters. The maximum Gasteiger partial charge on any atom is 0.119 e. The Labute approximate surface area is 173 Å². The summed E-state index contributed by atoms with van der Waals surface area (Å²) < 4.78 is 10.9. The van der Waals surface area contributed by atoms with E-state index < -0.39 is 0 Å². The fourth-order valence-electron chi connectivity index (χ4n) is 4.63. The molecule has 4 rings (SSSR count). The quantitative estimate of drug-likeness (QED) is 0.592. The second-order valence-electron chi connectivity index (χ2n) is 7.78. The molecular weight excluding hydrogens is 358 g/mol. The Morgan fingerprint density at radius 3 is 2.31 bits per heavy atom. The summed E-state index contributed by atoms with van der Waals surface area (Å²) in [5.74, 6) is 2.69. The summed E-state index contributed by atoms with van der Waals surface area (Å²) >= 11 is 0. The number of benzene rings is 3. The summed E-state index contributed by atoms with van der Waals surface area (Å²) in [5, 5.41) is 3.83.